The van der Waals surface area contributed by atoms with Crippen LogP contribution in [0.2, 0.25) is 0 Å². The number of aromatic nitrogens is 1. The van der Waals surface area contributed by atoms with E-state index in [9.17, 15) is 0 Å². The van der Waals surface area contributed by atoms with Crippen LogP contribution in [0.1, 0.15) is 0 Å². The Bertz CT molecular complexity index is 711. The Morgan fingerprint density at radius 3 is 2.78 bits per heavy atom. The molecule has 0 spiro atoms. The summed E-state index contributed by atoms with van der Waals surface area (Å²) < 4.78 is 6.64. The Morgan fingerprint density at radius 1 is 1.17 bits per heavy atom. The topological polar surface area (TPSA) is 48.1 Å². The highest BCUT2D eigenvalue weighted by atomic mass is 79.9. The summed E-state index contributed by atoms with van der Waals surface area (Å²) in [6.45, 7) is 0. The van der Waals surface area contributed by atoms with Gasteiger partial charge in [-0.15, -0.1) is 0 Å². The Labute approximate surface area is 116 Å². The number of rotatable bonds is 2. The molecule has 0 saturated heterocycles. The van der Waals surface area contributed by atoms with E-state index in [4.69, 9.17) is 10.5 Å². The van der Waals surface area contributed by atoms with Gasteiger partial charge in [0.05, 0.1) is 10.7 Å². The number of halogens is 1. The van der Waals surface area contributed by atoms with E-state index in [1.807, 2.05) is 30.3 Å². The first-order chi connectivity index (χ1) is 8.74. The Kier molecular flexibility index (Phi) is 2.93. The molecule has 2 N–H and O–H groups in total. The third kappa shape index (κ3) is 2.07. The van der Waals surface area contributed by atoms with Crippen molar-refractivity contribution in [2.24, 2.45) is 0 Å². The molecule has 3 rings (SSSR count). The summed E-state index contributed by atoms with van der Waals surface area (Å²) in [6, 6.07) is 12.1. The fourth-order valence-corrected chi connectivity index (χ4v) is 2.82. The predicted molar refractivity (Wildman–Crippen MR) is 78.2 cm³/mol. The van der Waals surface area contributed by atoms with Gasteiger partial charge in [0.2, 0.25) is 0 Å². The van der Waals surface area contributed by atoms with Crippen LogP contribution in [0, 0.1) is 0 Å². The van der Waals surface area contributed by atoms with Crippen molar-refractivity contribution in [1.29, 1.82) is 0 Å². The third-order valence-corrected chi connectivity index (χ3v) is 4.05. The van der Waals surface area contributed by atoms with Crippen LogP contribution in [0.4, 0.5) is 5.00 Å². The minimum Gasteiger partial charge on any atom is -0.430 e. The summed E-state index contributed by atoms with van der Waals surface area (Å²) in [7, 11) is 0. The van der Waals surface area contributed by atoms with Gasteiger partial charge in [-0.25, -0.2) is 4.98 Å². The van der Waals surface area contributed by atoms with Crippen LogP contribution in [0.3, 0.4) is 0 Å². The number of ether oxygens (including phenoxy) is 1. The first-order valence-electron chi connectivity index (χ1n) is 5.30. The maximum Gasteiger partial charge on any atom is 0.280 e. The van der Waals surface area contributed by atoms with Gasteiger partial charge < -0.3 is 10.5 Å². The number of nitrogens with zero attached hydrogens (tertiary/aromatic N) is 1. The summed E-state index contributed by atoms with van der Waals surface area (Å²) in [6.07, 6.45) is 1.59. The molecule has 0 aliphatic heterocycles. The van der Waals surface area contributed by atoms with E-state index in [0.717, 1.165) is 21.0 Å². The Morgan fingerprint density at radius 2 is 2.00 bits per heavy atom. The van der Waals surface area contributed by atoms with Gasteiger partial charge >= 0.3 is 0 Å². The first-order valence-corrected chi connectivity index (χ1v) is 6.91. The van der Waals surface area contributed by atoms with Gasteiger partial charge in [0.25, 0.3) is 5.19 Å². The third-order valence-electron chi connectivity index (χ3n) is 2.53. The van der Waals surface area contributed by atoms with Gasteiger partial charge in [-0.05, 0) is 32.8 Å². The van der Waals surface area contributed by atoms with Crippen LogP contribution >= 0.6 is 27.3 Å². The second kappa shape index (κ2) is 4.59. The number of hydrogen-bond donors (Lipinski definition) is 1. The van der Waals surface area contributed by atoms with E-state index >= 15 is 0 Å². The molecule has 0 bridgehead atoms. The predicted octanol–water partition coefficient (Wildman–Crippen LogP) is 4.43. The van der Waals surface area contributed by atoms with Crippen molar-refractivity contribution in [2.45, 2.75) is 0 Å². The molecule has 3 aromatic rings. The molecule has 2 aromatic carbocycles. The molecule has 3 nitrogen and oxygen atoms in total. The van der Waals surface area contributed by atoms with E-state index in [0.29, 0.717) is 10.2 Å². The largest absolute Gasteiger partial charge is 0.430 e. The van der Waals surface area contributed by atoms with E-state index in [2.05, 4.69) is 27.0 Å². The highest BCUT2D eigenvalue weighted by Gasteiger charge is 2.08. The summed E-state index contributed by atoms with van der Waals surface area (Å²) in [5.74, 6) is 0.739. The van der Waals surface area contributed by atoms with E-state index in [-0.39, 0.29) is 0 Å². The van der Waals surface area contributed by atoms with Gasteiger partial charge in [0.15, 0.2) is 0 Å². The molecule has 1 heterocycles. The van der Waals surface area contributed by atoms with Gasteiger partial charge in [0, 0.05) is 0 Å². The molecular formula is C13H9BrN2OS. The lowest BCUT2D eigenvalue weighted by molar-refractivity contribution is 0.477. The molecule has 5 heteroatoms. The van der Waals surface area contributed by atoms with Crippen LogP contribution in [0.5, 0.6) is 10.9 Å². The van der Waals surface area contributed by atoms with Crippen molar-refractivity contribution in [3.8, 4) is 10.9 Å². The van der Waals surface area contributed by atoms with Crippen molar-refractivity contribution in [3.05, 3.63) is 47.1 Å². The van der Waals surface area contributed by atoms with Crippen molar-refractivity contribution in [1.82, 2.24) is 4.98 Å². The van der Waals surface area contributed by atoms with Crippen LogP contribution in [-0.4, -0.2) is 4.98 Å². The molecule has 0 unspecified atom stereocenters. The van der Waals surface area contributed by atoms with Crippen LogP contribution in [0.25, 0.3) is 10.8 Å². The number of nitrogen functional groups attached to an aromatic ring is 1. The minimum atomic E-state index is 0.545. The maximum atomic E-state index is 5.72. The van der Waals surface area contributed by atoms with Crippen molar-refractivity contribution in [3.63, 3.8) is 0 Å². The standard InChI is InChI=1S/C13H9BrN2OS/c14-12-9-4-2-1-3-8(9)5-6-10(12)17-13-16-7-11(15)18-13/h1-7H,15H2. The molecule has 0 atom stereocenters. The Hall–Kier alpha value is -1.59. The molecule has 18 heavy (non-hydrogen) atoms. The van der Waals surface area contributed by atoms with Gasteiger partial charge in [-0.2, -0.15) is 0 Å². The zero-order valence-corrected chi connectivity index (χ0v) is 11.7. The molecule has 0 aliphatic rings. The van der Waals surface area contributed by atoms with E-state index in [1.165, 1.54) is 11.3 Å². The quantitative estimate of drug-likeness (QED) is 0.759. The highest BCUT2D eigenvalue weighted by molar-refractivity contribution is 9.10. The van der Waals surface area contributed by atoms with Crippen molar-refractivity contribution < 1.29 is 4.74 Å². The molecular weight excluding hydrogens is 312 g/mol. The van der Waals surface area contributed by atoms with E-state index < -0.39 is 0 Å². The lowest BCUT2D eigenvalue weighted by Crippen LogP contribution is -1.85. The minimum absolute atomic E-state index is 0.545. The van der Waals surface area contributed by atoms with Gasteiger partial charge in [-0.3, -0.25) is 0 Å². The van der Waals surface area contributed by atoms with Crippen LogP contribution < -0.4 is 10.5 Å². The lowest BCUT2D eigenvalue weighted by atomic mass is 10.1. The van der Waals surface area contributed by atoms with Gasteiger partial charge in [0.1, 0.15) is 10.8 Å². The number of thiazole rings is 1. The van der Waals surface area contributed by atoms with E-state index in [1.54, 1.807) is 6.20 Å². The summed E-state index contributed by atoms with van der Waals surface area (Å²) in [5.41, 5.74) is 5.63. The monoisotopic (exact) mass is 320 g/mol. The number of anilines is 1. The number of nitrogens with two attached hydrogens (primary N) is 1. The molecule has 1 aromatic heterocycles. The first kappa shape index (κ1) is 11.5. The fraction of sp³-hybridized carbons (Fsp3) is 0. The number of fused-ring (bicyclic) bond motifs is 1. The average molecular weight is 321 g/mol. The van der Waals surface area contributed by atoms with Crippen molar-refractivity contribution in [2.75, 3.05) is 5.73 Å². The smallest absolute Gasteiger partial charge is 0.280 e. The molecule has 0 amide bonds. The lowest BCUT2D eigenvalue weighted by Gasteiger charge is -2.07. The maximum absolute atomic E-state index is 5.72. The summed E-state index contributed by atoms with van der Waals surface area (Å²) >= 11 is 4.89. The molecule has 0 aliphatic carbocycles. The van der Waals surface area contributed by atoms with Crippen LogP contribution in [-0.2, 0) is 0 Å². The Balaban J connectivity index is 2.04. The normalized spacial score (nSPS) is 10.7. The SMILES string of the molecule is Nc1cnc(Oc2ccc3ccccc3c2Br)s1. The second-order valence-corrected chi connectivity index (χ2v) is 5.55. The zero-order valence-electron chi connectivity index (χ0n) is 9.26. The molecule has 0 radical (unpaired) electrons. The fourth-order valence-electron chi connectivity index (χ4n) is 1.70. The number of benzene rings is 2. The zero-order chi connectivity index (χ0) is 12.5. The molecule has 90 valence electrons. The van der Waals surface area contributed by atoms with Crippen LogP contribution in [0.15, 0.2) is 47.1 Å². The average Bonchev–Trinajstić information content (AvgIpc) is 2.79. The van der Waals surface area contributed by atoms with Crippen molar-refractivity contribution >= 4 is 43.0 Å². The molecule has 0 saturated carbocycles. The summed E-state index contributed by atoms with van der Waals surface area (Å²) in [5, 5.41) is 3.46. The number of hydrogen-bond acceptors (Lipinski definition) is 4. The highest BCUT2D eigenvalue weighted by Crippen LogP contribution is 2.37. The second-order valence-electron chi connectivity index (χ2n) is 3.73. The molecule has 0 fully saturated rings. The van der Waals surface area contributed by atoms with Gasteiger partial charge in [-0.1, -0.05) is 41.7 Å². The summed E-state index contributed by atoms with van der Waals surface area (Å²) in [4.78, 5) is 4.08.